The zero-order valence-corrected chi connectivity index (χ0v) is 24.1. The van der Waals surface area contributed by atoms with E-state index in [0.29, 0.717) is 66.4 Å². The summed E-state index contributed by atoms with van der Waals surface area (Å²) in [5.41, 5.74) is 2.19. The van der Waals surface area contributed by atoms with Crippen molar-refractivity contribution < 1.29 is 68.4 Å². The summed E-state index contributed by atoms with van der Waals surface area (Å²) in [6, 6.07) is 6.63. The summed E-state index contributed by atoms with van der Waals surface area (Å²) in [7, 11) is 0. The fourth-order valence-corrected chi connectivity index (χ4v) is 4.24. The van der Waals surface area contributed by atoms with Crippen molar-refractivity contribution in [1.82, 2.24) is 0 Å². The SMILES string of the molecule is CCCc1c(OCCCCCOc2cc3c(cc2C(C)=O)CC[C@H](C(=O)[O-])O3)ccc(C(C)=O)c1O.[Na+]. The zero-order chi connectivity index (χ0) is 26.2. The van der Waals surface area contributed by atoms with Gasteiger partial charge in [0.05, 0.1) is 30.3 Å². The topological polar surface area (TPSA) is 122 Å². The summed E-state index contributed by atoms with van der Waals surface area (Å²) in [4.78, 5) is 35.0. The van der Waals surface area contributed by atoms with Crippen LogP contribution in [-0.2, 0) is 17.6 Å². The van der Waals surface area contributed by atoms with Gasteiger partial charge in [-0.3, -0.25) is 9.59 Å². The molecular formula is C28H33NaO8. The molecule has 37 heavy (non-hydrogen) atoms. The number of carbonyl (C=O) groups excluding carboxylic acids is 3. The van der Waals surface area contributed by atoms with Gasteiger partial charge in [-0.05, 0) is 76.1 Å². The second-order valence-corrected chi connectivity index (χ2v) is 8.98. The van der Waals surface area contributed by atoms with Gasteiger partial charge in [-0.2, -0.15) is 0 Å². The maximum atomic E-state index is 12.1. The monoisotopic (exact) mass is 520 g/mol. The van der Waals surface area contributed by atoms with Gasteiger partial charge in [-0.15, -0.1) is 0 Å². The molecule has 0 bridgehead atoms. The maximum Gasteiger partial charge on any atom is 1.00 e. The van der Waals surface area contributed by atoms with E-state index in [2.05, 4.69) is 0 Å². The number of carboxylic acid groups (broad SMARTS) is 1. The molecule has 1 aliphatic rings. The molecule has 1 heterocycles. The van der Waals surface area contributed by atoms with E-state index in [0.717, 1.165) is 31.2 Å². The number of ketones is 2. The number of ether oxygens (including phenoxy) is 3. The summed E-state index contributed by atoms with van der Waals surface area (Å²) in [6.45, 7) is 5.71. The van der Waals surface area contributed by atoms with Crippen molar-refractivity contribution >= 4 is 17.5 Å². The number of hydrogen-bond donors (Lipinski definition) is 1. The van der Waals surface area contributed by atoms with Crippen LogP contribution in [0, 0.1) is 0 Å². The molecule has 2 aromatic rings. The first-order valence-corrected chi connectivity index (χ1v) is 12.4. The maximum absolute atomic E-state index is 12.1. The summed E-state index contributed by atoms with van der Waals surface area (Å²) >= 11 is 0. The molecule has 0 unspecified atom stereocenters. The fourth-order valence-electron chi connectivity index (χ4n) is 4.24. The van der Waals surface area contributed by atoms with Crippen molar-refractivity contribution in [2.45, 2.75) is 71.8 Å². The number of fused-ring (bicyclic) bond motifs is 1. The molecule has 0 aromatic heterocycles. The molecule has 0 saturated heterocycles. The van der Waals surface area contributed by atoms with Gasteiger partial charge >= 0.3 is 29.6 Å². The predicted molar refractivity (Wildman–Crippen MR) is 131 cm³/mol. The molecule has 194 valence electrons. The standard InChI is InChI=1S/C28H34O8.Na/c1-4-8-21-23(12-10-20(17(2)29)27(21)31)34-13-6-5-7-14-35-26-16-25-19(15-22(26)18(3)30)9-11-24(36-25)28(32)33;/h10,12,15-16,24,31H,4-9,11,13-14H2,1-3H3,(H,32,33);/q;+1/p-1/t24-;/m1./s1. The van der Waals surface area contributed by atoms with Crippen molar-refractivity contribution in [3.63, 3.8) is 0 Å². The Kier molecular flexibility index (Phi) is 11.9. The number of benzene rings is 2. The number of rotatable bonds is 13. The molecule has 3 rings (SSSR count). The van der Waals surface area contributed by atoms with Crippen LogP contribution in [0.4, 0.5) is 0 Å². The molecule has 0 spiro atoms. The van der Waals surface area contributed by atoms with Crippen LogP contribution < -0.4 is 48.9 Å². The molecule has 8 nitrogen and oxygen atoms in total. The second kappa shape index (κ2) is 14.4. The van der Waals surface area contributed by atoms with Crippen LogP contribution >= 0.6 is 0 Å². The predicted octanol–water partition coefficient (Wildman–Crippen LogP) is 0.826. The summed E-state index contributed by atoms with van der Waals surface area (Å²) in [5, 5.41) is 21.6. The normalized spacial score (nSPS) is 14.1. The molecule has 1 N–H and O–H groups in total. The molecule has 1 aliphatic heterocycles. The molecule has 9 heteroatoms. The number of phenolic OH excluding ortho intramolecular Hbond substituents is 1. The van der Waals surface area contributed by atoms with E-state index in [-0.39, 0.29) is 46.9 Å². The first kappa shape index (κ1) is 30.7. The van der Waals surface area contributed by atoms with E-state index < -0.39 is 12.1 Å². The zero-order valence-electron chi connectivity index (χ0n) is 22.1. The van der Waals surface area contributed by atoms with Crippen LogP contribution in [0.1, 0.15) is 84.7 Å². The van der Waals surface area contributed by atoms with E-state index in [1.807, 2.05) is 6.92 Å². The fraction of sp³-hybridized carbons (Fsp3) is 0.464. The Morgan fingerprint density at radius 1 is 1.00 bits per heavy atom. The van der Waals surface area contributed by atoms with Gasteiger partial charge in [0.2, 0.25) is 0 Å². The molecule has 0 aliphatic carbocycles. The van der Waals surface area contributed by atoms with Gasteiger partial charge in [0, 0.05) is 11.6 Å². The van der Waals surface area contributed by atoms with E-state index in [9.17, 15) is 24.6 Å². The Morgan fingerprint density at radius 3 is 2.24 bits per heavy atom. The minimum absolute atomic E-state index is 0. The Morgan fingerprint density at radius 2 is 1.65 bits per heavy atom. The van der Waals surface area contributed by atoms with Crippen molar-refractivity contribution in [2.24, 2.45) is 0 Å². The first-order valence-electron chi connectivity index (χ1n) is 12.4. The molecule has 2 aromatic carbocycles. The van der Waals surface area contributed by atoms with Gasteiger partial charge in [-0.25, -0.2) is 0 Å². The van der Waals surface area contributed by atoms with Crippen LogP contribution in [0.5, 0.6) is 23.0 Å². The van der Waals surface area contributed by atoms with Gasteiger partial charge in [-0.1, -0.05) is 13.3 Å². The largest absolute Gasteiger partial charge is 1.00 e. The van der Waals surface area contributed by atoms with Crippen LogP contribution in [0.25, 0.3) is 0 Å². The Balaban J connectivity index is 0.00000481. The number of Topliss-reactive ketones (excluding diaryl/α,β-unsaturated/α-hetero) is 2. The quantitative estimate of drug-likeness (QED) is 0.234. The minimum atomic E-state index is -1.26. The third kappa shape index (κ3) is 7.97. The van der Waals surface area contributed by atoms with Crippen LogP contribution in [0.2, 0.25) is 0 Å². The number of aliphatic carboxylic acids is 1. The van der Waals surface area contributed by atoms with Gasteiger partial charge in [0.1, 0.15) is 29.1 Å². The van der Waals surface area contributed by atoms with Gasteiger partial charge < -0.3 is 29.2 Å². The van der Waals surface area contributed by atoms with Crippen LogP contribution in [0.15, 0.2) is 24.3 Å². The van der Waals surface area contributed by atoms with Crippen molar-refractivity contribution in [1.29, 1.82) is 0 Å². The summed E-state index contributed by atoms with van der Waals surface area (Å²) in [5.74, 6) is -0.207. The first-order chi connectivity index (χ1) is 17.2. The van der Waals surface area contributed by atoms with E-state index in [1.165, 1.54) is 13.8 Å². The smallest absolute Gasteiger partial charge is 0.546 e. The Hall–Kier alpha value is -2.55. The number of carboxylic acids is 1. The number of carbonyl (C=O) groups is 3. The summed E-state index contributed by atoms with van der Waals surface area (Å²) in [6.07, 6.45) is 3.49. The average molecular weight is 521 g/mol. The summed E-state index contributed by atoms with van der Waals surface area (Å²) < 4.78 is 17.3. The van der Waals surface area contributed by atoms with E-state index in [1.54, 1.807) is 24.3 Å². The minimum Gasteiger partial charge on any atom is -0.546 e. The third-order valence-electron chi connectivity index (χ3n) is 6.17. The van der Waals surface area contributed by atoms with Gasteiger partial charge in [0.15, 0.2) is 11.6 Å². The van der Waals surface area contributed by atoms with E-state index in [4.69, 9.17) is 14.2 Å². The number of aryl methyl sites for hydroxylation is 1. The third-order valence-corrected chi connectivity index (χ3v) is 6.17. The average Bonchev–Trinajstić information content (AvgIpc) is 2.84. The molecule has 0 saturated carbocycles. The van der Waals surface area contributed by atoms with Crippen molar-refractivity contribution in [3.8, 4) is 23.0 Å². The van der Waals surface area contributed by atoms with Crippen LogP contribution in [0.3, 0.4) is 0 Å². The number of hydrogen-bond acceptors (Lipinski definition) is 8. The molecular weight excluding hydrogens is 487 g/mol. The molecule has 0 amide bonds. The number of aromatic hydroxyl groups is 1. The Labute approximate surface area is 239 Å². The molecule has 0 fully saturated rings. The van der Waals surface area contributed by atoms with Crippen molar-refractivity contribution in [2.75, 3.05) is 13.2 Å². The molecule has 0 radical (unpaired) electrons. The van der Waals surface area contributed by atoms with Crippen LogP contribution in [-0.4, -0.2) is 42.0 Å². The van der Waals surface area contributed by atoms with E-state index >= 15 is 0 Å². The second-order valence-electron chi connectivity index (χ2n) is 8.98. The Bertz CT molecular complexity index is 1130. The number of phenols is 1. The number of unbranched alkanes of at least 4 members (excludes halogenated alkanes) is 2. The van der Waals surface area contributed by atoms with Gasteiger partial charge in [0.25, 0.3) is 0 Å². The van der Waals surface area contributed by atoms with Crippen molar-refractivity contribution in [3.05, 3.63) is 46.5 Å². The molecule has 1 atom stereocenters.